The molecule has 6 heteroatoms. The van der Waals surface area contributed by atoms with E-state index in [9.17, 15) is 4.39 Å². The minimum absolute atomic E-state index is 0.0221. The van der Waals surface area contributed by atoms with Crippen LogP contribution in [0, 0.1) is 11.9 Å². The summed E-state index contributed by atoms with van der Waals surface area (Å²) < 4.78 is 13.0. The van der Waals surface area contributed by atoms with Crippen molar-refractivity contribution >= 4 is 17.5 Å². The Morgan fingerprint density at radius 3 is 2.65 bits per heavy atom. The highest BCUT2D eigenvalue weighted by Crippen LogP contribution is 2.19. The van der Waals surface area contributed by atoms with E-state index in [4.69, 9.17) is 0 Å². The second-order valence-electron chi connectivity index (χ2n) is 4.96. The topological polar surface area (TPSA) is 62.7 Å². The maximum atomic E-state index is 13.0. The maximum absolute atomic E-state index is 13.0. The van der Waals surface area contributed by atoms with Crippen molar-refractivity contribution in [2.24, 2.45) is 0 Å². The van der Waals surface area contributed by atoms with Gasteiger partial charge in [0.2, 0.25) is 0 Å². The van der Waals surface area contributed by atoms with Gasteiger partial charge in [-0.15, -0.1) is 0 Å². The molecule has 3 aromatic rings. The molecular weight excluding hydrogens is 293 g/mol. The van der Waals surface area contributed by atoms with Crippen LogP contribution in [-0.2, 0) is 0 Å². The molecule has 23 heavy (non-hydrogen) atoms. The third-order valence-corrected chi connectivity index (χ3v) is 3.24. The van der Waals surface area contributed by atoms with Crippen LogP contribution in [0.15, 0.2) is 55.0 Å². The number of aromatic nitrogens is 3. The molecule has 0 saturated carbocycles. The second-order valence-corrected chi connectivity index (χ2v) is 4.96. The molecule has 2 heterocycles. The van der Waals surface area contributed by atoms with Crippen LogP contribution in [0.2, 0.25) is 0 Å². The molecule has 0 fully saturated rings. The quantitative estimate of drug-likeness (QED) is 0.752. The summed E-state index contributed by atoms with van der Waals surface area (Å²) in [6.07, 6.45) is 4.83. The summed E-state index contributed by atoms with van der Waals surface area (Å²) in [5, 5.41) is 6.31. The average molecular weight is 308 g/mol. The predicted molar refractivity (Wildman–Crippen MR) is 86.8 cm³/mol. The monoisotopic (exact) mass is 308 g/mol. The van der Waals surface area contributed by atoms with E-state index in [-0.39, 0.29) is 11.9 Å². The van der Waals surface area contributed by atoms with Gasteiger partial charge in [-0.1, -0.05) is 12.1 Å². The van der Waals surface area contributed by atoms with Crippen LogP contribution in [0.1, 0.15) is 18.5 Å². The highest BCUT2D eigenvalue weighted by atomic mass is 19.1. The number of rotatable bonds is 5. The maximum Gasteiger partial charge on any atom is 0.150 e. The zero-order valence-electron chi connectivity index (χ0n) is 12.5. The van der Waals surface area contributed by atoms with Gasteiger partial charge < -0.3 is 10.6 Å². The number of halogens is 1. The van der Waals surface area contributed by atoms with Crippen molar-refractivity contribution in [3.63, 3.8) is 0 Å². The van der Waals surface area contributed by atoms with Crippen LogP contribution < -0.4 is 10.6 Å². The van der Waals surface area contributed by atoms with E-state index in [0.29, 0.717) is 17.5 Å². The molecule has 0 aliphatic heterocycles. The van der Waals surface area contributed by atoms with Crippen molar-refractivity contribution in [2.75, 3.05) is 10.6 Å². The molecule has 0 saturated heterocycles. The largest absolute Gasteiger partial charge is 0.363 e. The Balaban J connectivity index is 1.71. The Labute approximate surface area is 133 Å². The lowest BCUT2D eigenvalue weighted by molar-refractivity contribution is 0.626. The van der Waals surface area contributed by atoms with Gasteiger partial charge in [0.1, 0.15) is 23.3 Å². The summed E-state index contributed by atoms with van der Waals surface area (Å²) in [6.45, 7) is 1.98. The lowest BCUT2D eigenvalue weighted by atomic mass is 10.1. The first-order valence-corrected chi connectivity index (χ1v) is 7.14. The average Bonchev–Trinajstić information content (AvgIpc) is 2.57. The van der Waals surface area contributed by atoms with Crippen molar-refractivity contribution in [2.45, 2.75) is 13.0 Å². The van der Waals surface area contributed by atoms with Gasteiger partial charge in [-0.25, -0.2) is 14.4 Å². The fraction of sp³-hybridized carbons (Fsp3) is 0.118. The van der Waals surface area contributed by atoms with Gasteiger partial charge in [0.25, 0.3) is 0 Å². The van der Waals surface area contributed by atoms with E-state index in [1.165, 1.54) is 12.1 Å². The number of benzene rings is 1. The van der Waals surface area contributed by atoms with E-state index in [1.54, 1.807) is 42.9 Å². The van der Waals surface area contributed by atoms with Crippen LogP contribution in [-0.4, -0.2) is 15.0 Å². The molecule has 1 aromatic carbocycles. The fourth-order valence-corrected chi connectivity index (χ4v) is 2.07. The van der Waals surface area contributed by atoms with Gasteiger partial charge >= 0.3 is 0 Å². The lowest BCUT2D eigenvalue weighted by Gasteiger charge is -2.15. The molecular formula is C17H15FN5. The van der Waals surface area contributed by atoms with E-state index in [0.717, 1.165) is 5.56 Å². The Morgan fingerprint density at radius 1 is 1.09 bits per heavy atom. The van der Waals surface area contributed by atoms with E-state index in [2.05, 4.69) is 31.7 Å². The summed E-state index contributed by atoms with van der Waals surface area (Å²) in [6, 6.07) is 12.9. The molecule has 5 nitrogen and oxygen atoms in total. The third-order valence-electron chi connectivity index (χ3n) is 3.24. The van der Waals surface area contributed by atoms with E-state index >= 15 is 0 Å². The first-order chi connectivity index (χ1) is 11.2. The molecule has 2 N–H and O–H groups in total. The van der Waals surface area contributed by atoms with Gasteiger partial charge in [0.05, 0.1) is 6.20 Å². The highest BCUT2D eigenvalue weighted by Gasteiger charge is 2.07. The second kappa shape index (κ2) is 6.83. The minimum Gasteiger partial charge on any atom is -0.363 e. The molecule has 3 rings (SSSR count). The van der Waals surface area contributed by atoms with Crippen molar-refractivity contribution in [3.05, 3.63) is 72.4 Å². The third kappa shape index (κ3) is 4.00. The van der Waals surface area contributed by atoms with Gasteiger partial charge in [0, 0.05) is 24.5 Å². The summed E-state index contributed by atoms with van der Waals surface area (Å²) in [7, 11) is 0. The smallest absolute Gasteiger partial charge is 0.150 e. The molecule has 115 valence electrons. The Hall–Kier alpha value is -3.02. The van der Waals surface area contributed by atoms with Crippen molar-refractivity contribution in [1.29, 1.82) is 0 Å². The standard InChI is InChI=1S/C17H15FN5/c1-12(13-5-7-14(18)8-6-13)21-15-3-2-4-16(22-15)23-17-11-19-9-10-20-17/h2,4-12H,1H3,(H2,20,21,22,23). The lowest BCUT2D eigenvalue weighted by Crippen LogP contribution is -2.08. The van der Waals surface area contributed by atoms with E-state index < -0.39 is 0 Å². The first kappa shape index (κ1) is 14.9. The Kier molecular flexibility index (Phi) is 4.42. The number of anilines is 3. The first-order valence-electron chi connectivity index (χ1n) is 7.14. The zero-order chi connectivity index (χ0) is 16.1. The number of pyridine rings is 1. The molecule has 0 aliphatic carbocycles. The van der Waals surface area contributed by atoms with Crippen molar-refractivity contribution in [1.82, 2.24) is 15.0 Å². The number of hydrogen-bond donors (Lipinski definition) is 2. The van der Waals surface area contributed by atoms with Crippen LogP contribution in [0.25, 0.3) is 0 Å². The summed E-state index contributed by atoms with van der Waals surface area (Å²) in [5.41, 5.74) is 0.967. The zero-order valence-corrected chi connectivity index (χ0v) is 12.5. The number of hydrogen-bond acceptors (Lipinski definition) is 5. The predicted octanol–water partition coefficient (Wildman–Crippen LogP) is 3.73. The summed E-state index contributed by atoms with van der Waals surface area (Å²) in [5.74, 6) is 1.60. The molecule has 2 aromatic heterocycles. The van der Waals surface area contributed by atoms with Crippen molar-refractivity contribution < 1.29 is 4.39 Å². The SMILES string of the molecule is CC(Nc1[c]ccc(Nc2cnccn2)n1)c1ccc(F)cc1. The molecule has 0 spiro atoms. The van der Waals surface area contributed by atoms with Crippen LogP contribution >= 0.6 is 0 Å². The van der Waals surface area contributed by atoms with Crippen molar-refractivity contribution in [3.8, 4) is 0 Å². The summed E-state index contributed by atoms with van der Waals surface area (Å²) >= 11 is 0. The summed E-state index contributed by atoms with van der Waals surface area (Å²) in [4.78, 5) is 12.6. The molecule has 1 atom stereocenters. The minimum atomic E-state index is -0.249. The molecule has 0 amide bonds. The van der Waals surface area contributed by atoms with Gasteiger partial charge in [0.15, 0.2) is 0 Å². The van der Waals surface area contributed by atoms with Crippen LogP contribution in [0.4, 0.5) is 21.8 Å². The number of nitrogens with one attached hydrogen (secondary N) is 2. The Bertz CT molecular complexity index is 761. The van der Waals surface area contributed by atoms with Gasteiger partial charge in [-0.2, -0.15) is 0 Å². The molecule has 1 radical (unpaired) electrons. The van der Waals surface area contributed by atoms with Crippen LogP contribution in [0.5, 0.6) is 0 Å². The highest BCUT2D eigenvalue weighted by molar-refractivity contribution is 5.53. The molecule has 1 unspecified atom stereocenters. The van der Waals surface area contributed by atoms with Gasteiger partial charge in [-0.3, -0.25) is 4.98 Å². The van der Waals surface area contributed by atoms with Gasteiger partial charge in [-0.05, 0) is 36.8 Å². The normalized spacial score (nSPS) is 11.7. The molecule has 0 aliphatic rings. The molecule has 0 bridgehead atoms. The van der Waals surface area contributed by atoms with Crippen LogP contribution in [0.3, 0.4) is 0 Å². The Morgan fingerprint density at radius 2 is 1.91 bits per heavy atom. The van der Waals surface area contributed by atoms with E-state index in [1.807, 2.05) is 6.92 Å². The number of nitrogens with zero attached hydrogens (tertiary/aromatic N) is 3. The fourth-order valence-electron chi connectivity index (χ4n) is 2.07.